The maximum atomic E-state index is 13.2. The zero-order valence-corrected chi connectivity index (χ0v) is 28.7. The number of nitrogens with one attached hydrogen (secondary N) is 2. The minimum atomic E-state index is -3.79. The van der Waals surface area contributed by atoms with Crippen molar-refractivity contribution in [1.29, 1.82) is 0 Å². The van der Waals surface area contributed by atoms with Crippen LogP contribution in [-0.4, -0.2) is 87.9 Å². The second-order valence-electron chi connectivity index (χ2n) is 11.8. The molecule has 0 aromatic heterocycles. The van der Waals surface area contributed by atoms with Crippen LogP contribution in [0.25, 0.3) is 0 Å². The number of carbonyl (C=O) groups is 2. The van der Waals surface area contributed by atoms with E-state index in [4.69, 9.17) is 21.1 Å². The van der Waals surface area contributed by atoms with Gasteiger partial charge in [-0.05, 0) is 94.4 Å². The summed E-state index contributed by atoms with van der Waals surface area (Å²) in [4.78, 5) is 26.4. The summed E-state index contributed by atoms with van der Waals surface area (Å²) in [6, 6.07) is 15.7. The summed E-state index contributed by atoms with van der Waals surface area (Å²) < 4.78 is 66.8. The van der Waals surface area contributed by atoms with Crippen LogP contribution >= 0.6 is 11.6 Å². The molecule has 2 aliphatic heterocycles. The average molecular weight is 705 g/mol. The van der Waals surface area contributed by atoms with Gasteiger partial charge in [-0.2, -0.15) is 8.61 Å². The molecule has 12 nitrogen and oxygen atoms in total. The highest BCUT2D eigenvalue weighted by Crippen LogP contribution is 2.28. The first-order valence-corrected chi connectivity index (χ1v) is 18.3. The van der Waals surface area contributed by atoms with Gasteiger partial charge in [-0.1, -0.05) is 11.6 Å². The molecule has 47 heavy (non-hydrogen) atoms. The van der Waals surface area contributed by atoms with Crippen molar-refractivity contribution in [2.75, 3.05) is 36.8 Å². The highest BCUT2D eigenvalue weighted by molar-refractivity contribution is 7.89. The number of sulfonamides is 2. The van der Waals surface area contributed by atoms with Crippen LogP contribution in [0, 0.1) is 0 Å². The molecule has 3 aromatic rings. The number of benzene rings is 3. The Bertz CT molecular complexity index is 1830. The molecule has 2 heterocycles. The van der Waals surface area contributed by atoms with Crippen LogP contribution in [0.5, 0.6) is 0 Å². The molecule has 15 heteroatoms. The van der Waals surface area contributed by atoms with Gasteiger partial charge in [0.15, 0.2) is 0 Å². The van der Waals surface area contributed by atoms with Crippen molar-refractivity contribution in [3.05, 3.63) is 82.9 Å². The van der Waals surface area contributed by atoms with Crippen LogP contribution in [-0.2, 0) is 29.5 Å². The number of hydrogen-bond donors (Lipinski definition) is 2. The fourth-order valence-electron chi connectivity index (χ4n) is 5.63. The Balaban J connectivity index is 1.27. The van der Waals surface area contributed by atoms with Gasteiger partial charge in [-0.3, -0.25) is 9.59 Å². The smallest absolute Gasteiger partial charge is 0.255 e. The van der Waals surface area contributed by atoms with E-state index in [0.717, 1.165) is 0 Å². The molecule has 2 amide bonds. The third kappa shape index (κ3) is 8.03. The van der Waals surface area contributed by atoms with Gasteiger partial charge >= 0.3 is 0 Å². The average Bonchev–Trinajstić information content (AvgIpc) is 3.01. The first-order valence-electron chi connectivity index (χ1n) is 15.1. The largest absolute Gasteiger partial charge is 0.373 e. The third-order valence-corrected chi connectivity index (χ3v) is 11.7. The first kappa shape index (κ1) is 35.0. The van der Waals surface area contributed by atoms with Crippen LogP contribution < -0.4 is 10.6 Å². The number of ether oxygens (including phenoxy) is 2. The zero-order valence-electron chi connectivity index (χ0n) is 26.3. The normalized spacial score (nSPS) is 22.8. The van der Waals surface area contributed by atoms with Crippen molar-refractivity contribution in [2.45, 2.75) is 61.9 Å². The van der Waals surface area contributed by atoms with E-state index in [2.05, 4.69) is 10.6 Å². The number of amides is 2. The number of halogens is 1. The van der Waals surface area contributed by atoms with Crippen LogP contribution in [0.4, 0.5) is 11.4 Å². The lowest BCUT2D eigenvalue weighted by Crippen LogP contribution is -2.48. The maximum Gasteiger partial charge on any atom is 0.255 e. The standard InChI is InChI=1S/C32H37ClN4O8S2/c1-20-16-36(17-21(2)44-20)46(40,41)27-10-5-24(6-11-27)31(38)34-29-14-9-26(33)15-30(29)35-32(39)25-7-12-28(13-8-25)47(42,43)37-18-22(3)45-23(4)19-37/h5-15,20-23H,16-19H2,1-4H3,(H,34,38)(H,35,39). The second-order valence-corrected chi connectivity index (χ2v) is 16.1. The molecule has 2 aliphatic rings. The lowest BCUT2D eigenvalue weighted by molar-refractivity contribution is -0.0442. The molecule has 2 fully saturated rings. The summed E-state index contributed by atoms with van der Waals surface area (Å²) >= 11 is 6.19. The number of morpholine rings is 2. The van der Waals surface area contributed by atoms with Gasteiger partial charge in [-0.15, -0.1) is 0 Å². The molecule has 4 atom stereocenters. The summed E-state index contributed by atoms with van der Waals surface area (Å²) in [5.41, 5.74) is 0.834. The van der Waals surface area contributed by atoms with Crippen molar-refractivity contribution in [3.8, 4) is 0 Å². The fourth-order valence-corrected chi connectivity index (χ4v) is 8.98. The fraction of sp³-hybridized carbons (Fsp3) is 0.375. The summed E-state index contributed by atoms with van der Waals surface area (Å²) in [6.07, 6.45) is -0.960. The summed E-state index contributed by atoms with van der Waals surface area (Å²) in [7, 11) is -7.57. The number of nitrogens with zero attached hydrogens (tertiary/aromatic N) is 2. The van der Waals surface area contributed by atoms with Crippen LogP contribution in [0.3, 0.4) is 0 Å². The molecule has 252 valence electrons. The minimum absolute atomic E-state index is 0.0546. The number of carbonyl (C=O) groups excluding carboxylic acids is 2. The first-order chi connectivity index (χ1) is 22.1. The molecule has 2 N–H and O–H groups in total. The molecule has 5 rings (SSSR count). The molecular formula is C32H37ClN4O8S2. The van der Waals surface area contributed by atoms with E-state index in [1.165, 1.54) is 69.3 Å². The Hall–Kier alpha value is -3.37. The van der Waals surface area contributed by atoms with Crippen molar-refractivity contribution in [3.63, 3.8) is 0 Å². The Labute approximate surface area is 280 Å². The van der Waals surface area contributed by atoms with Gasteiger partial charge in [0.2, 0.25) is 20.0 Å². The SMILES string of the molecule is CC1CN(S(=O)(=O)c2ccc(C(=O)Nc3ccc(Cl)cc3NC(=O)c3ccc(S(=O)(=O)N4CC(C)OC(C)C4)cc3)cc2)CC(C)O1. The van der Waals surface area contributed by atoms with Crippen molar-refractivity contribution < 1.29 is 35.9 Å². The summed E-state index contributed by atoms with van der Waals surface area (Å²) in [5, 5.41) is 5.75. The maximum absolute atomic E-state index is 13.2. The number of rotatable bonds is 8. The van der Waals surface area contributed by atoms with E-state index in [0.29, 0.717) is 5.02 Å². The molecule has 0 radical (unpaired) electrons. The Morgan fingerprint density at radius 1 is 0.617 bits per heavy atom. The van der Waals surface area contributed by atoms with Crippen LogP contribution in [0.15, 0.2) is 76.5 Å². The van der Waals surface area contributed by atoms with Gasteiger partial charge in [-0.25, -0.2) is 16.8 Å². The van der Waals surface area contributed by atoms with Crippen molar-refractivity contribution in [1.82, 2.24) is 8.61 Å². The molecule has 3 aromatic carbocycles. The van der Waals surface area contributed by atoms with Gasteiger partial charge in [0.05, 0.1) is 45.6 Å². The number of hydrogen-bond acceptors (Lipinski definition) is 8. The third-order valence-electron chi connectivity index (χ3n) is 7.76. The quantitative estimate of drug-likeness (QED) is 0.349. The zero-order chi connectivity index (χ0) is 34.1. The number of anilines is 2. The molecule has 0 saturated carbocycles. The monoisotopic (exact) mass is 704 g/mol. The summed E-state index contributed by atoms with van der Waals surface area (Å²) in [6.45, 7) is 8.19. The van der Waals surface area contributed by atoms with Crippen molar-refractivity contribution >= 4 is 54.8 Å². The van der Waals surface area contributed by atoms with E-state index >= 15 is 0 Å². The van der Waals surface area contributed by atoms with Crippen LogP contribution in [0.1, 0.15) is 48.4 Å². The Morgan fingerprint density at radius 2 is 0.979 bits per heavy atom. The summed E-state index contributed by atoms with van der Waals surface area (Å²) in [5.74, 6) is -1.09. The van der Waals surface area contributed by atoms with Gasteiger partial charge in [0, 0.05) is 42.3 Å². The van der Waals surface area contributed by atoms with E-state index in [-0.39, 0.29) is 82.9 Å². The molecular weight excluding hydrogens is 668 g/mol. The Morgan fingerprint density at radius 3 is 1.36 bits per heavy atom. The van der Waals surface area contributed by atoms with E-state index in [9.17, 15) is 26.4 Å². The molecule has 0 spiro atoms. The molecule has 0 aliphatic carbocycles. The Kier molecular flexibility index (Phi) is 10.4. The lowest BCUT2D eigenvalue weighted by Gasteiger charge is -2.34. The predicted molar refractivity (Wildman–Crippen MR) is 178 cm³/mol. The topological polar surface area (TPSA) is 151 Å². The lowest BCUT2D eigenvalue weighted by atomic mass is 10.2. The van der Waals surface area contributed by atoms with Gasteiger partial charge in [0.25, 0.3) is 11.8 Å². The van der Waals surface area contributed by atoms with Crippen molar-refractivity contribution in [2.24, 2.45) is 0 Å². The van der Waals surface area contributed by atoms with E-state index in [1.807, 2.05) is 27.7 Å². The molecule has 2 saturated heterocycles. The van der Waals surface area contributed by atoms with E-state index < -0.39 is 31.9 Å². The highest BCUT2D eigenvalue weighted by Gasteiger charge is 2.33. The highest BCUT2D eigenvalue weighted by atomic mass is 35.5. The van der Waals surface area contributed by atoms with E-state index in [1.54, 1.807) is 6.07 Å². The van der Waals surface area contributed by atoms with Gasteiger partial charge in [0.1, 0.15) is 0 Å². The second kappa shape index (κ2) is 14.0. The minimum Gasteiger partial charge on any atom is -0.373 e. The predicted octanol–water partition coefficient (Wildman–Crippen LogP) is 4.44. The van der Waals surface area contributed by atoms with Gasteiger partial charge < -0.3 is 20.1 Å². The van der Waals surface area contributed by atoms with Crippen LogP contribution in [0.2, 0.25) is 5.02 Å². The molecule has 0 bridgehead atoms. The molecule has 4 unspecified atom stereocenters.